The van der Waals surface area contributed by atoms with Crippen molar-refractivity contribution in [3.05, 3.63) is 96.2 Å². The minimum absolute atomic E-state index is 0.0615. The second-order valence-corrected chi connectivity index (χ2v) is 7.45. The van der Waals surface area contributed by atoms with Crippen LogP contribution < -0.4 is 5.73 Å². The molecule has 0 bridgehead atoms. The number of aromatic amines is 1. The van der Waals surface area contributed by atoms with E-state index in [0.29, 0.717) is 5.56 Å². The first-order valence-corrected chi connectivity index (χ1v) is 9.86. The average molecular weight is 414 g/mol. The molecule has 0 radical (unpaired) electrons. The van der Waals surface area contributed by atoms with Crippen LogP contribution in [0.5, 0.6) is 0 Å². The standard InChI is InChI=1S/C25H22N2O4/c26-25(23(28)29,14-20-15-27-22-9-5-4-8-21(20)22)24(30)31-16-17-10-12-19(13-11-17)18-6-2-1-3-7-18/h1-13,15,27H,14,16,26H2,(H,28,29). The highest BCUT2D eigenvalue weighted by atomic mass is 16.5. The molecule has 3 aromatic carbocycles. The molecule has 6 nitrogen and oxygen atoms in total. The van der Waals surface area contributed by atoms with Crippen molar-refractivity contribution in [2.24, 2.45) is 5.73 Å². The molecule has 4 aromatic rings. The summed E-state index contributed by atoms with van der Waals surface area (Å²) in [4.78, 5) is 27.7. The third-order valence-corrected chi connectivity index (χ3v) is 5.32. The van der Waals surface area contributed by atoms with Gasteiger partial charge in [-0.3, -0.25) is 0 Å². The van der Waals surface area contributed by atoms with Crippen molar-refractivity contribution in [3.63, 3.8) is 0 Å². The van der Waals surface area contributed by atoms with Gasteiger partial charge in [-0.05, 0) is 28.3 Å². The quantitative estimate of drug-likeness (QED) is 0.314. The summed E-state index contributed by atoms with van der Waals surface area (Å²) in [6.07, 6.45) is 1.49. The zero-order valence-corrected chi connectivity index (χ0v) is 16.7. The molecule has 4 N–H and O–H groups in total. The normalized spacial score (nSPS) is 12.9. The minimum atomic E-state index is -2.19. The van der Waals surface area contributed by atoms with Gasteiger partial charge in [0.15, 0.2) is 0 Å². The number of para-hydroxylation sites is 1. The van der Waals surface area contributed by atoms with Gasteiger partial charge in [-0.2, -0.15) is 0 Å². The predicted molar refractivity (Wildman–Crippen MR) is 118 cm³/mol. The highest BCUT2D eigenvalue weighted by Gasteiger charge is 2.44. The summed E-state index contributed by atoms with van der Waals surface area (Å²) in [5, 5.41) is 10.5. The molecule has 0 aliphatic heterocycles. The number of ether oxygens (including phenoxy) is 1. The summed E-state index contributed by atoms with van der Waals surface area (Å²) >= 11 is 0. The molecule has 156 valence electrons. The van der Waals surface area contributed by atoms with Crippen molar-refractivity contribution in [1.29, 1.82) is 0 Å². The lowest BCUT2D eigenvalue weighted by Crippen LogP contribution is -2.57. The molecule has 1 unspecified atom stereocenters. The zero-order valence-electron chi connectivity index (χ0n) is 16.7. The number of aromatic nitrogens is 1. The largest absolute Gasteiger partial charge is 0.479 e. The Hall–Kier alpha value is -3.90. The van der Waals surface area contributed by atoms with Crippen LogP contribution in [0.25, 0.3) is 22.0 Å². The second-order valence-electron chi connectivity index (χ2n) is 7.45. The number of rotatable bonds is 7. The van der Waals surface area contributed by atoms with E-state index in [2.05, 4.69) is 4.98 Å². The van der Waals surface area contributed by atoms with Crippen LogP contribution >= 0.6 is 0 Å². The van der Waals surface area contributed by atoms with E-state index in [-0.39, 0.29) is 13.0 Å². The van der Waals surface area contributed by atoms with Gasteiger partial charge in [0.1, 0.15) is 6.61 Å². The number of carboxylic acid groups (broad SMARTS) is 1. The minimum Gasteiger partial charge on any atom is -0.479 e. The molecule has 0 amide bonds. The number of carbonyl (C=O) groups excluding carboxylic acids is 1. The number of hydrogen-bond acceptors (Lipinski definition) is 4. The van der Waals surface area contributed by atoms with Crippen LogP contribution in [-0.4, -0.2) is 27.6 Å². The van der Waals surface area contributed by atoms with Crippen molar-refractivity contribution in [1.82, 2.24) is 4.98 Å². The Morgan fingerprint density at radius 3 is 2.26 bits per heavy atom. The fourth-order valence-corrected chi connectivity index (χ4v) is 3.52. The Kier molecular flexibility index (Phi) is 5.56. The van der Waals surface area contributed by atoms with Crippen molar-refractivity contribution < 1.29 is 19.4 Å². The molecule has 0 saturated carbocycles. The SMILES string of the molecule is NC(Cc1c[nH]c2ccccc12)(C(=O)O)C(=O)OCc1ccc(-c2ccccc2)cc1. The molecule has 1 heterocycles. The van der Waals surface area contributed by atoms with Gasteiger partial charge in [0.25, 0.3) is 0 Å². The maximum Gasteiger partial charge on any atom is 0.338 e. The number of benzene rings is 3. The van der Waals surface area contributed by atoms with Crippen molar-refractivity contribution in [2.45, 2.75) is 18.6 Å². The molecular weight excluding hydrogens is 392 g/mol. The van der Waals surface area contributed by atoms with E-state index in [1.807, 2.05) is 78.9 Å². The van der Waals surface area contributed by atoms with Crippen LogP contribution in [0.3, 0.4) is 0 Å². The fraction of sp³-hybridized carbons (Fsp3) is 0.120. The fourth-order valence-electron chi connectivity index (χ4n) is 3.52. The average Bonchev–Trinajstić information content (AvgIpc) is 3.21. The van der Waals surface area contributed by atoms with E-state index >= 15 is 0 Å². The van der Waals surface area contributed by atoms with E-state index in [1.165, 1.54) is 0 Å². The van der Waals surface area contributed by atoms with Gasteiger partial charge in [0, 0.05) is 23.5 Å². The van der Waals surface area contributed by atoms with E-state index in [4.69, 9.17) is 10.5 Å². The zero-order chi connectivity index (χ0) is 21.8. The number of fused-ring (bicyclic) bond motifs is 1. The van der Waals surface area contributed by atoms with Crippen molar-refractivity contribution in [2.75, 3.05) is 0 Å². The summed E-state index contributed by atoms with van der Waals surface area (Å²) in [7, 11) is 0. The summed E-state index contributed by atoms with van der Waals surface area (Å²) in [5.41, 5.74) is 8.20. The highest BCUT2D eigenvalue weighted by Crippen LogP contribution is 2.24. The maximum absolute atomic E-state index is 12.7. The lowest BCUT2D eigenvalue weighted by Gasteiger charge is -2.22. The third kappa shape index (κ3) is 4.20. The van der Waals surface area contributed by atoms with Gasteiger partial charge in [-0.25, -0.2) is 9.59 Å². The highest BCUT2D eigenvalue weighted by molar-refractivity contribution is 6.04. The van der Waals surface area contributed by atoms with E-state index in [1.54, 1.807) is 6.20 Å². The Bertz CT molecular complexity index is 1220. The van der Waals surface area contributed by atoms with Crippen molar-refractivity contribution >= 4 is 22.8 Å². The number of hydrogen-bond donors (Lipinski definition) is 3. The van der Waals surface area contributed by atoms with Gasteiger partial charge in [0.05, 0.1) is 0 Å². The van der Waals surface area contributed by atoms with Gasteiger partial charge >= 0.3 is 11.9 Å². The molecule has 1 aromatic heterocycles. The topological polar surface area (TPSA) is 105 Å². The van der Waals surface area contributed by atoms with Crippen LogP contribution in [-0.2, 0) is 27.4 Å². The number of esters is 1. The second kappa shape index (κ2) is 8.45. The first kappa shape index (κ1) is 20.4. The third-order valence-electron chi connectivity index (χ3n) is 5.32. The van der Waals surface area contributed by atoms with Gasteiger partial charge < -0.3 is 20.6 Å². The Morgan fingerprint density at radius 2 is 1.55 bits per heavy atom. The van der Waals surface area contributed by atoms with Gasteiger partial charge in [-0.1, -0.05) is 72.8 Å². The summed E-state index contributed by atoms with van der Waals surface area (Å²) in [5.74, 6) is -2.40. The molecule has 0 aliphatic carbocycles. The molecule has 6 heteroatoms. The molecule has 0 fully saturated rings. The number of carbonyl (C=O) groups is 2. The van der Waals surface area contributed by atoms with E-state index in [9.17, 15) is 14.7 Å². The molecule has 0 spiro atoms. The van der Waals surface area contributed by atoms with Crippen LogP contribution in [0.4, 0.5) is 0 Å². The van der Waals surface area contributed by atoms with E-state index in [0.717, 1.165) is 27.6 Å². The first-order valence-electron chi connectivity index (χ1n) is 9.86. The predicted octanol–water partition coefficient (Wildman–Crippen LogP) is 3.90. The number of carboxylic acids is 1. The van der Waals surface area contributed by atoms with E-state index < -0.39 is 17.5 Å². The number of nitrogens with two attached hydrogens (primary N) is 1. The Morgan fingerprint density at radius 1 is 0.903 bits per heavy atom. The van der Waals surface area contributed by atoms with Crippen LogP contribution in [0.15, 0.2) is 85.1 Å². The maximum atomic E-state index is 12.7. The van der Waals surface area contributed by atoms with Gasteiger partial charge in [-0.15, -0.1) is 0 Å². The number of aliphatic carboxylic acids is 1. The van der Waals surface area contributed by atoms with Crippen LogP contribution in [0, 0.1) is 0 Å². The molecular formula is C25H22N2O4. The monoisotopic (exact) mass is 414 g/mol. The molecule has 4 rings (SSSR count). The molecule has 0 saturated heterocycles. The Balaban J connectivity index is 1.47. The molecule has 31 heavy (non-hydrogen) atoms. The molecule has 1 atom stereocenters. The summed E-state index contributed by atoms with van der Waals surface area (Å²) in [6.45, 7) is -0.0615. The first-order chi connectivity index (χ1) is 15.0. The van der Waals surface area contributed by atoms with Crippen LogP contribution in [0.2, 0.25) is 0 Å². The Labute approximate surface area is 179 Å². The van der Waals surface area contributed by atoms with Crippen LogP contribution in [0.1, 0.15) is 11.1 Å². The lowest BCUT2D eigenvalue weighted by atomic mass is 9.91. The lowest BCUT2D eigenvalue weighted by molar-refractivity contribution is -0.161. The summed E-state index contributed by atoms with van der Waals surface area (Å²) in [6, 6.07) is 24.9. The number of H-pyrrole nitrogens is 1. The molecule has 0 aliphatic rings. The van der Waals surface area contributed by atoms with Gasteiger partial charge in [0.2, 0.25) is 5.54 Å². The summed E-state index contributed by atoms with van der Waals surface area (Å²) < 4.78 is 5.31. The van der Waals surface area contributed by atoms with Crippen molar-refractivity contribution in [3.8, 4) is 11.1 Å². The number of nitrogens with one attached hydrogen (secondary N) is 1. The smallest absolute Gasteiger partial charge is 0.338 e.